The van der Waals surface area contributed by atoms with E-state index in [1.165, 1.54) is 12.1 Å². The minimum Gasteiger partial charge on any atom is -0.486 e. The number of benzene rings is 1. The van der Waals surface area contributed by atoms with Gasteiger partial charge < -0.3 is 9.47 Å². The molecule has 0 spiro atoms. The number of rotatable bonds is 9. The van der Waals surface area contributed by atoms with E-state index in [2.05, 4.69) is 9.72 Å². The first-order chi connectivity index (χ1) is 15.0. The molecule has 2 bridgehead atoms. The van der Waals surface area contributed by atoms with E-state index in [-0.39, 0.29) is 42.2 Å². The molecule has 3 aliphatic carbocycles. The molecular formula is C22H18F5NO4. The largest absolute Gasteiger partial charge is 0.573 e. The maximum Gasteiger partial charge on any atom is 0.573 e. The Morgan fingerprint density at radius 2 is 1.69 bits per heavy atom. The molecule has 0 atom stereocenters. The zero-order valence-electron chi connectivity index (χ0n) is 16.7. The normalized spacial score (nSPS) is 23.7. The molecule has 0 unspecified atom stereocenters. The Labute approximate surface area is 179 Å². The van der Waals surface area contributed by atoms with Gasteiger partial charge in [-0.3, -0.25) is 14.6 Å². The number of ketones is 2. The van der Waals surface area contributed by atoms with Gasteiger partial charge in [-0.15, -0.1) is 13.2 Å². The number of hydrogen-bond donors (Lipinski definition) is 0. The number of halogens is 5. The van der Waals surface area contributed by atoms with Gasteiger partial charge in [-0.2, -0.15) is 0 Å². The Morgan fingerprint density at radius 3 is 2.28 bits per heavy atom. The smallest absolute Gasteiger partial charge is 0.486 e. The average molecular weight is 455 g/mol. The molecule has 32 heavy (non-hydrogen) atoms. The summed E-state index contributed by atoms with van der Waals surface area (Å²) in [6.07, 6.45) is -1.98. The summed E-state index contributed by atoms with van der Waals surface area (Å²) in [6, 6.07) is 5.44. The summed E-state index contributed by atoms with van der Waals surface area (Å²) in [5.74, 6) is -2.72. The third-order valence-corrected chi connectivity index (χ3v) is 5.97. The van der Waals surface area contributed by atoms with Crippen molar-refractivity contribution in [1.29, 1.82) is 0 Å². The SMILES string of the molecule is O=C(COc1ccc(F)c(F)c1)CC12CC(C(=O)Cc3ccc(OC(F)(F)F)cn3)(C1)C2. The van der Waals surface area contributed by atoms with E-state index < -0.39 is 29.2 Å². The van der Waals surface area contributed by atoms with Gasteiger partial charge in [0.25, 0.3) is 0 Å². The number of nitrogens with zero attached hydrogens (tertiary/aromatic N) is 1. The fourth-order valence-electron chi connectivity index (χ4n) is 4.74. The Bertz CT molecular complexity index is 1030. The second kappa shape index (κ2) is 7.83. The van der Waals surface area contributed by atoms with Crippen molar-refractivity contribution in [3.05, 3.63) is 53.9 Å². The standard InChI is InChI=1S/C22H18F5NO4/c23-17-4-3-15(6-18(17)24)31-9-14(29)7-20-10-21(11-20,12-20)19(30)5-13-1-2-16(8-28-13)32-22(25,26)27/h1-4,6,8H,5,7,9-12H2. The first kappa shape index (κ1) is 22.2. The highest BCUT2D eigenvalue weighted by molar-refractivity contribution is 5.91. The van der Waals surface area contributed by atoms with Crippen molar-refractivity contribution in [2.24, 2.45) is 10.8 Å². The summed E-state index contributed by atoms with van der Waals surface area (Å²) in [7, 11) is 0. The van der Waals surface area contributed by atoms with Gasteiger partial charge in [0, 0.05) is 30.0 Å². The van der Waals surface area contributed by atoms with Gasteiger partial charge in [0.15, 0.2) is 17.4 Å². The Morgan fingerprint density at radius 1 is 1.00 bits per heavy atom. The predicted octanol–water partition coefficient (Wildman–Crippen LogP) is 4.58. The molecule has 170 valence electrons. The highest BCUT2D eigenvalue weighted by Gasteiger charge is 2.70. The molecule has 5 nitrogen and oxygen atoms in total. The zero-order valence-corrected chi connectivity index (χ0v) is 16.7. The molecule has 1 heterocycles. The molecular weight excluding hydrogens is 437 g/mol. The minimum atomic E-state index is -4.81. The molecule has 3 fully saturated rings. The van der Waals surface area contributed by atoms with Crippen molar-refractivity contribution in [3.63, 3.8) is 0 Å². The summed E-state index contributed by atoms with van der Waals surface area (Å²) < 4.78 is 71.6. The molecule has 1 aromatic heterocycles. The van der Waals surface area contributed by atoms with Crippen molar-refractivity contribution in [3.8, 4) is 11.5 Å². The van der Waals surface area contributed by atoms with Gasteiger partial charge in [0.1, 0.15) is 23.9 Å². The number of carbonyl (C=O) groups excluding carboxylic acids is 2. The predicted molar refractivity (Wildman–Crippen MR) is 99.8 cm³/mol. The third kappa shape index (κ3) is 4.58. The van der Waals surface area contributed by atoms with Gasteiger partial charge in [0.05, 0.1) is 6.20 Å². The molecule has 0 radical (unpaired) electrons. The lowest BCUT2D eigenvalue weighted by molar-refractivity contribution is -0.274. The Hall–Kier alpha value is -3.04. The second-order valence-corrected chi connectivity index (χ2v) is 8.52. The molecule has 10 heteroatoms. The van der Waals surface area contributed by atoms with Crippen LogP contribution in [0.1, 0.15) is 31.4 Å². The van der Waals surface area contributed by atoms with Crippen LogP contribution >= 0.6 is 0 Å². The fraction of sp³-hybridized carbons (Fsp3) is 0.409. The summed E-state index contributed by atoms with van der Waals surface area (Å²) in [4.78, 5) is 28.7. The van der Waals surface area contributed by atoms with Gasteiger partial charge in [0.2, 0.25) is 0 Å². The lowest BCUT2D eigenvalue weighted by Crippen LogP contribution is -2.66. The highest BCUT2D eigenvalue weighted by Crippen LogP contribution is 2.75. The molecule has 0 amide bonds. The summed E-state index contributed by atoms with van der Waals surface area (Å²) in [5.41, 5.74) is -0.411. The van der Waals surface area contributed by atoms with Crippen LogP contribution in [0.25, 0.3) is 0 Å². The van der Waals surface area contributed by atoms with Crippen LogP contribution in [0, 0.1) is 22.5 Å². The summed E-state index contributed by atoms with van der Waals surface area (Å²) in [6.45, 7) is -0.274. The van der Waals surface area contributed by atoms with Crippen molar-refractivity contribution in [2.45, 2.75) is 38.5 Å². The number of carbonyl (C=O) groups is 2. The van der Waals surface area contributed by atoms with Gasteiger partial charge in [-0.05, 0) is 48.9 Å². The molecule has 0 N–H and O–H groups in total. The number of Topliss-reactive ketones (excluding diaryl/α,β-unsaturated/α-hetero) is 2. The van der Waals surface area contributed by atoms with Crippen molar-refractivity contribution in [2.75, 3.05) is 6.61 Å². The van der Waals surface area contributed by atoms with Crippen LogP contribution in [0.4, 0.5) is 22.0 Å². The maximum atomic E-state index is 13.2. The molecule has 5 rings (SSSR count). The lowest BCUT2D eigenvalue weighted by atomic mass is 9.33. The quantitative estimate of drug-likeness (QED) is 0.518. The molecule has 1 aromatic carbocycles. The summed E-state index contributed by atoms with van der Waals surface area (Å²) in [5, 5.41) is 0. The van der Waals surface area contributed by atoms with E-state index in [1.807, 2.05) is 0 Å². The average Bonchev–Trinajstić information content (AvgIpc) is 2.64. The van der Waals surface area contributed by atoms with Crippen molar-refractivity contribution in [1.82, 2.24) is 4.98 Å². The molecule has 3 saturated carbocycles. The van der Waals surface area contributed by atoms with E-state index in [4.69, 9.17) is 4.74 Å². The maximum absolute atomic E-state index is 13.2. The second-order valence-electron chi connectivity index (χ2n) is 8.52. The zero-order chi connectivity index (χ0) is 23.1. The van der Waals surface area contributed by atoms with Gasteiger partial charge in [-0.25, -0.2) is 8.78 Å². The van der Waals surface area contributed by atoms with Crippen LogP contribution in [0.5, 0.6) is 11.5 Å². The number of aromatic nitrogens is 1. The lowest BCUT2D eigenvalue weighted by Gasteiger charge is -2.70. The highest BCUT2D eigenvalue weighted by atomic mass is 19.4. The van der Waals surface area contributed by atoms with Crippen molar-refractivity contribution < 1.29 is 41.0 Å². The van der Waals surface area contributed by atoms with Crippen LogP contribution in [-0.4, -0.2) is 29.5 Å². The van der Waals surface area contributed by atoms with E-state index in [1.54, 1.807) is 0 Å². The van der Waals surface area contributed by atoms with Crippen LogP contribution in [0.15, 0.2) is 36.5 Å². The van der Waals surface area contributed by atoms with Gasteiger partial charge in [-0.1, -0.05) is 0 Å². The number of hydrogen-bond acceptors (Lipinski definition) is 5. The minimum absolute atomic E-state index is 0.00440. The monoisotopic (exact) mass is 455 g/mol. The van der Waals surface area contributed by atoms with Gasteiger partial charge >= 0.3 is 6.36 Å². The van der Waals surface area contributed by atoms with Crippen LogP contribution in [-0.2, 0) is 16.0 Å². The number of ether oxygens (including phenoxy) is 2. The first-order valence-electron chi connectivity index (χ1n) is 9.81. The van der Waals surface area contributed by atoms with E-state index >= 15 is 0 Å². The topological polar surface area (TPSA) is 65.5 Å². The number of alkyl halides is 3. The molecule has 0 aliphatic heterocycles. The van der Waals surface area contributed by atoms with E-state index in [0.717, 1.165) is 24.4 Å². The Balaban J connectivity index is 1.23. The summed E-state index contributed by atoms with van der Waals surface area (Å²) >= 11 is 0. The van der Waals surface area contributed by atoms with Crippen LogP contribution < -0.4 is 9.47 Å². The molecule has 2 aromatic rings. The van der Waals surface area contributed by atoms with E-state index in [9.17, 15) is 31.5 Å². The third-order valence-electron chi connectivity index (χ3n) is 5.97. The Kier molecular flexibility index (Phi) is 5.42. The fourth-order valence-corrected chi connectivity index (χ4v) is 4.74. The molecule has 3 aliphatic rings. The van der Waals surface area contributed by atoms with Crippen molar-refractivity contribution >= 4 is 11.6 Å². The number of pyridine rings is 1. The van der Waals surface area contributed by atoms with Crippen LogP contribution in [0.2, 0.25) is 0 Å². The van der Waals surface area contributed by atoms with E-state index in [0.29, 0.717) is 25.0 Å². The molecule has 0 saturated heterocycles. The first-order valence-corrected chi connectivity index (χ1v) is 9.81. The van der Waals surface area contributed by atoms with Crippen LogP contribution in [0.3, 0.4) is 0 Å².